The van der Waals surface area contributed by atoms with Crippen molar-refractivity contribution >= 4 is 17.5 Å². The van der Waals surface area contributed by atoms with Crippen LogP contribution < -0.4 is 5.32 Å². The van der Waals surface area contributed by atoms with Crippen molar-refractivity contribution in [3.05, 3.63) is 30.1 Å². The minimum absolute atomic E-state index is 0.0706. The fourth-order valence-electron chi connectivity index (χ4n) is 1.85. The number of amides is 2. The summed E-state index contributed by atoms with van der Waals surface area (Å²) >= 11 is 0. The van der Waals surface area contributed by atoms with E-state index in [0.717, 1.165) is 5.56 Å². The maximum Gasteiger partial charge on any atom is 0.267 e. The molecule has 1 aliphatic heterocycles. The molecule has 0 radical (unpaired) electrons. The van der Waals surface area contributed by atoms with Crippen LogP contribution in [-0.4, -0.2) is 34.6 Å². The van der Waals surface area contributed by atoms with E-state index >= 15 is 0 Å². The molecule has 2 amide bonds. The molecule has 6 nitrogen and oxygen atoms in total. The molecule has 1 aliphatic rings. The third-order valence-electron chi connectivity index (χ3n) is 3.02. The first-order valence-electron chi connectivity index (χ1n) is 6.12. The molecular weight excluding hydrogens is 244 g/mol. The van der Waals surface area contributed by atoms with Crippen molar-refractivity contribution in [3.63, 3.8) is 0 Å². The van der Waals surface area contributed by atoms with Crippen LogP contribution in [-0.2, 0) is 9.59 Å². The molecule has 2 heterocycles. The topological polar surface area (TPSA) is 74.7 Å². The molecular formula is C13H16N4O2. The van der Waals surface area contributed by atoms with Gasteiger partial charge in [-0.15, -0.1) is 0 Å². The summed E-state index contributed by atoms with van der Waals surface area (Å²) in [7, 11) is 1.56. The zero-order valence-corrected chi connectivity index (χ0v) is 11.0. The van der Waals surface area contributed by atoms with Gasteiger partial charge in [-0.25, -0.2) is 5.01 Å². The van der Waals surface area contributed by atoms with E-state index in [1.807, 2.05) is 19.1 Å². The first-order valence-corrected chi connectivity index (χ1v) is 6.12. The molecule has 0 aromatic carbocycles. The van der Waals surface area contributed by atoms with Crippen LogP contribution in [0.4, 0.5) is 0 Å². The first kappa shape index (κ1) is 13.2. The summed E-state index contributed by atoms with van der Waals surface area (Å²) in [6, 6.07) is 3.58. The smallest absolute Gasteiger partial charge is 0.267 e. The second-order valence-corrected chi connectivity index (χ2v) is 4.44. The summed E-state index contributed by atoms with van der Waals surface area (Å²) in [4.78, 5) is 27.3. The van der Waals surface area contributed by atoms with Gasteiger partial charge in [-0.2, -0.15) is 5.10 Å². The molecule has 1 aromatic heterocycles. The second-order valence-electron chi connectivity index (χ2n) is 4.44. The highest BCUT2D eigenvalue weighted by Crippen LogP contribution is 2.12. The van der Waals surface area contributed by atoms with Crippen LogP contribution in [0, 0.1) is 0 Å². The maximum atomic E-state index is 12.0. The average molecular weight is 260 g/mol. The molecule has 6 heteroatoms. The van der Waals surface area contributed by atoms with Crippen LogP contribution in [0.1, 0.15) is 31.4 Å². The van der Waals surface area contributed by atoms with Crippen LogP contribution in [0.25, 0.3) is 0 Å². The zero-order chi connectivity index (χ0) is 13.8. The van der Waals surface area contributed by atoms with Crippen molar-refractivity contribution in [2.75, 3.05) is 7.05 Å². The fraction of sp³-hybridized carbons (Fsp3) is 0.385. The molecule has 0 saturated heterocycles. The van der Waals surface area contributed by atoms with Gasteiger partial charge in [0.15, 0.2) is 0 Å². The number of hydrogen-bond donors (Lipinski definition) is 1. The SMILES string of the molecule is C[C@H](NC(=O)C1=NN(C)C(=O)CC1)c1ccncc1. The van der Waals surface area contributed by atoms with Crippen LogP contribution >= 0.6 is 0 Å². The van der Waals surface area contributed by atoms with Crippen molar-refractivity contribution in [1.29, 1.82) is 0 Å². The number of rotatable bonds is 3. The number of nitrogens with one attached hydrogen (secondary N) is 1. The Morgan fingerprint density at radius 3 is 2.68 bits per heavy atom. The van der Waals surface area contributed by atoms with E-state index in [4.69, 9.17) is 0 Å². The standard InChI is InChI=1S/C13H16N4O2/c1-9(10-5-7-14-8-6-10)15-13(19)11-3-4-12(18)17(2)16-11/h5-9H,3-4H2,1-2H3,(H,15,19)/t9-/m0/s1. The number of aromatic nitrogens is 1. The average Bonchev–Trinajstić information content (AvgIpc) is 2.42. The van der Waals surface area contributed by atoms with E-state index in [-0.39, 0.29) is 17.9 Å². The van der Waals surface area contributed by atoms with Gasteiger partial charge < -0.3 is 5.32 Å². The molecule has 0 fully saturated rings. The zero-order valence-electron chi connectivity index (χ0n) is 11.0. The quantitative estimate of drug-likeness (QED) is 0.876. The third-order valence-corrected chi connectivity index (χ3v) is 3.02. The monoisotopic (exact) mass is 260 g/mol. The lowest BCUT2D eigenvalue weighted by Crippen LogP contribution is -2.38. The number of carbonyl (C=O) groups excluding carboxylic acids is 2. The maximum absolute atomic E-state index is 12.0. The highest BCUT2D eigenvalue weighted by atomic mass is 16.2. The molecule has 1 aromatic rings. The summed E-state index contributed by atoms with van der Waals surface area (Å²) < 4.78 is 0. The van der Waals surface area contributed by atoms with Gasteiger partial charge in [-0.1, -0.05) is 0 Å². The van der Waals surface area contributed by atoms with Crippen molar-refractivity contribution in [2.24, 2.45) is 5.10 Å². The molecule has 0 bridgehead atoms. The van der Waals surface area contributed by atoms with Gasteiger partial charge in [0, 0.05) is 32.3 Å². The summed E-state index contributed by atoms with van der Waals surface area (Å²) in [6.45, 7) is 1.89. The number of nitrogens with zero attached hydrogens (tertiary/aromatic N) is 3. The summed E-state index contributed by atoms with van der Waals surface area (Å²) in [5.41, 5.74) is 1.37. The fourth-order valence-corrected chi connectivity index (χ4v) is 1.85. The highest BCUT2D eigenvalue weighted by molar-refractivity contribution is 6.39. The lowest BCUT2D eigenvalue weighted by Gasteiger charge is -2.20. The Morgan fingerprint density at radius 2 is 2.05 bits per heavy atom. The number of pyridine rings is 1. The van der Waals surface area contributed by atoms with E-state index in [0.29, 0.717) is 18.6 Å². The summed E-state index contributed by atoms with van der Waals surface area (Å²) in [5.74, 6) is -0.303. The summed E-state index contributed by atoms with van der Waals surface area (Å²) in [6.07, 6.45) is 4.08. The van der Waals surface area contributed by atoms with Crippen LogP contribution in [0.5, 0.6) is 0 Å². The van der Waals surface area contributed by atoms with Gasteiger partial charge in [0.25, 0.3) is 5.91 Å². The largest absolute Gasteiger partial charge is 0.344 e. The van der Waals surface area contributed by atoms with Gasteiger partial charge in [-0.3, -0.25) is 14.6 Å². The molecule has 0 spiro atoms. The highest BCUT2D eigenvalue weighted by Gasteiger charge is 2.22. The lowest BCUT2D eigenvalue weighted by molar-refractivity contribution is -0.130. The Kier molecular flexibility index (Phi) is 3.89. The molecule has 0 aliphatic carbocycles. The van der Waals surface area contributed by atoms with E-state index in [1.165, 1.54) is 5.01 Å². The Hall–Kier alpha value is -2.24. The molecule has 100 valence electrons. The summed E-state index contributed by atoms with van der Waals surface area (Å²) in [5, 5.41) is 8.07. The third kappa shape index (κ3) is 3.15. The van der Waals surface area contributed by atoms with Crippen LogP contribution in [0.15, 0.2) is 29.6 Å². The van der Waals surface area contributed by atoms with E-state index in [2.05, 4.69) is 15.4 Å². The van der Waals surface area contributed by atoms with Gasteiger partial charge in [0.2, 0.25) is 5.91 Å². The molecule has 0 unspecified atom stereocenters. The molecule has 2 rings (SSSR count). The molecule has 19 heavy (non-hydrogen) atoms. The molecule has 0 saturated carbocycles. The Morgan fingerprint density at radius 1 is 1.37 bits per heavy atom. The van der Waals surface area contributed by atoms with Crippen molar-refractivity contribution in [2.45, 2.75) is 25.8 Å². The van der Waals surface area contributed by atoms with Crippen LogP contribution in [0.3, 0.4) is 0 Å². The minimum atomic E-state index is -0.233. The number of carbonyl (C=O) groups is 2. The van der Waals surface area contributed by atoms with Crippen LogP contribution in [0.2, 0.25) is 0 Å². The minimum Gasteiger partial charge on any atom is -0.344 e. The Labute approximate surface area is 111 Å². The second kappa shape index (κ2) is 5.60. The van der Waals surface area contributed by atoms with Crippen molar-refractivity contribution in [3.8, 4) is 0 Å². The first-order chi connectivity index (χ1) is 9.08. The Balaban J connectivity index is 2.02. The van der Waals surface area contributed by atoms with E-state index < -0.39 is 0 Å². The lowest BCUT2D eigenvalue weighted by atomic mass is 10.1. The predicted molar refractivity (Wildman–Crippen MR) is 70.2 cm³/mol. The number of hydrogen-bond acceptors (Lipinski definition) is 4. The normalized spacial score (nSPS) is 16.8. The van der Waals surface area contributed by atoms with E-state index in [1.54, 1.807) is 19.4 Å². The van der Waals surface area contributed by atoms with E-state index in [9.17, 15) is 9.59 Å². The number of hydrazone groups is 1. The van der Waals surface area contributed by atoms with Gasteiger partial charge in [0.1, 0.15) is 5.71 Å². The van der Waals surface area contributed by atoms with Crippen molar-refractivity contribution < 1.29 is 9.59 Å². The molecule has 1 N–H and O–H groups in total. The molecule has 1 atom stereocenters. The predicted octanol–water partition coefficient (Wildman–Crippen LogP) is 0.867. The van der Waals surface area contributed by atoms with Gasteiger partial charge in [0.05, 0.1) is 6.04 Å². The Bertz CT molecular complexity index is 513. The van der Waals surface area contributed by atoms with Gasteiger partial charge >= 0.3 is 0 Å². The van der Waals surface area contributed by atoms with Crippen molar-refractivity contribution in [1.82, 2.24) is 15.3 Å². The van der Waals surface area contributed by atoms with Gasteiger partial charge in [-0.05, 0) is 24.6 Å².